The lowest BCUT2D eigenvalue weighted by atomic mass is 9.65. The normalized spacial score (nSPS) is 24.3. The molecule has 0 fully saturated rings. The van der Waals surface area contributed by atoms with Crippen LogP contribution in [-0.2, 0) is 0 Å². The lowest BCUT2D eigenvalue weighted by Gasteiger charge is -2.44. The second kappa shape index (κ2) is 7.67. The van der Waals surface area contributed by atoms with E-state index in [0.29, 0.717) is 10.6 Å². The van der Waals surface area contributed by atoms with Crippen molar-refractivity contribution in [1.82, 2.24) is 0 Å². The Bertz CT molecular complexity index is 1030. The molecule has 1 heterocycles. The molecule has 0 spiro atoms. The number of benzene rings is 2. The van der Waals surface area contributed by atoms with Gasteiger partial charge in [0.15, 0.2) is 0 Å². The molecule has 28 heavy (non-hydrogen) atoms. The highest BCUT2D eigenvalue weighted by molar-refractivity contribution is 8.03. The Morgan fingerprint density at radius 2 is 1.50 bits per heavy atom. The number of thiocarbonyl (C=S) groups is 1. The quantitative estimate of drug-likeness (QED) is 0.737. The highest BCUT2D eigenvalue weighted by atomic mass is 32.2. The third kappa shape index (κ3) is 3.16. The van der Waals surface area contributed by atoms with Gasteiger partial charge < -0.3 is 11.5 Å². The summed E-state index contributed by atoms with van der Waals surface area (Å²) >= 11 is 6.73. The molecule has 3 rings (SSSR count). The van der Waals surface area contributed by atoms with Crippen LogP contribution in [0.2, 0.25) is 0 Å². The zero-order valence-corrected chi connectivity index (χ0v) is 17.3. The zero-order chi connectivity index (χ0) is 20.5. The number of allylic oxidation sites excluding steroid dienone is 1. The van der Waals surface area contributed by atoms with Gasteiger partial charge in [0.2, 0.25) is 0 Å². The van der Waals surface area contributed by atoms with Crippen molar-refractivity contribution in [2.45, 2.75) is 25.0 Å². The molecule has 0 saturated carbocycles. The molecule has 0 aliphatic carbocycles. The zero-order valence-electron chi connectivity index (χ0n) is 15.6. The second-order valence-electron chi connectivity index (χ2n) is 6.99. The first-order chi connectivity index (χ1) is 13.3. The predicted octanol–water partition coefficient (Wildman–Crippen LogP) is 4.37. The molecule has 140 valence electrons. The summed E-state index contributed by atoms with van der Waals surface area (Å²) in [5, 5.41) is 20.2. The summed E-state index contributed by atoms with van der Waals surface area (Å²) in [5.41, 5.74) is 15.5. The van der Waals surface area contributed by atoms with Crippen molar-refractivity contribution in [3.05, 3.63) is 81.4 Å². The van der Waals surface area contributed by atoms with Gasteiger partial charge in [-0.25, -0.2) is 0 Å². The van der Waals surface area contributed by atoms with Crippen molar-refractivity contribution in [3.8, 4) is 12.1 Å². The first kappa shape index (κ1) is 19.9. The van der Waals surface area contributed by atoms with Gasteiger partial charge in [-0.05, 0) is 25.0 Å². The van der Waals surface area contributed by atoms with Crippen LogP contribution in [0.3, 0.4) is 0 Å². The van der Waals surface area contributed by atoms with Crippen LogP contribution in [0.5, 0.6) is 0 Å². The van der Waals surface area contributed by atoms with Gasteiger partial charge in [-0.2, -0.15) is 10.5 Å². The minimum atomic E-state index is -1.28. The van der Waals surface area contributed by atoms with Gasteiger partial charge in [0.25, 0.3) is 0 Å². The van der Waals surface area contributed by atoms with Gasteiger partial charge in [-0.15, -0.1) is 0 Å². The number of nitrogens with zero attached hydrogens (tertiary/aromatic N) is 2. The molecule has 4 nitrogen and oxygen atoms in total. The van der Waals surface area contributed by atoms with Gasteiger partial charge in [0.1, 0.15) is 5.41 Å². The number of thioether (sulfide) groups is 1. The van der Waals surface area contributed by atoms with E-state index in [1.165, 1.54) is 11.8 Å². The van der Waals surface area contributed by atoms with Crippen LogP contribution in [0.25, 0.3) is 0 Å². The van der Waals surface area contributed by atoms with E-state index in [-0.39, 0.29) is 4.99 Å². The largest absolute Gasteiger partial charge is 0.393 e. The number of hydrogen-bond donors (Lipinski definition) is 2. The number of nitrogens with two attached hydrogens (primary N) is 2. The Morgan fingerprint density at radius 1 is 1.00 bits per heavy atom. The molecule has 2 aromatic carbocycles. The van der Waals surface area contributed by atoms with Crippen molar-refractivity contribution < 1.29 is 0 Å². The molecule has 0 radical (unpaired) electrons. The fraction of sp³-hybridized carbons (Fsp3) is 0.227. The molecular weight excluding hydrogens is 384 g/mol. The first-order valence-corrected chi connectivity index (χ1v) is 10.0. The molecule has 2 aromatic rings. The Hall–Kier alpha value is -2.80. The van der Waals surface area contributed by atoms with Crippen molar-refractivity contribution >= 4 is 29.0 Å². The summed E-state index contributed by atoms with van der Waals surface area (Å²) < 4.78 is 0. The molecule has 0 saturated heterocycles. The van der Waals surface area contributed by atoms with E-state index in [4.69, 9.17) is 23.7 Å². The van der Waals surface area contributed by atoms with Gasteiger partial charge in [0.05, 0.1) is 33.0 Å². The average Bonchev–Trinajstić information content (AvgIpc) is 2.68. The van der Waals surface area contributed by atoms with E-state index >= 15 is 0 Å². The number of rotatable bonds is 3. The maximum absolute atomic E-state index is 10.4. The molecule has 1 aliphatic heterocycles. The lowest BCUT2D eigenvalue weighted by molar-refractivity contribution is 0.462. The van der Waals surface area contributed by atoms with Crippen molar-refractivity contribution in [2.24, 2.45) is 16.9 Å². The molecule has 0 unspecified atom stereocenters. The number of nitriles is 2. The number of aryl methyl sites for hydroxylation is 2. The summed E-state index contributed by atoms with van der Waals surface area (Å²) in [6.07, 6.45) is 0. The van der Waals surface area contributed by atoms with Crippen molar-refractivity contribution in [2.75, 3.05) is 0 Å². The van der Waals surface area contributed by atoms with Crippen LogP contribution in [0, 0.1) is 41.9 Å². The Labute approximate surface area is 174 Å². The van der Waals surface area contributed by atoms with Gasteiger partial charge in [0, 0.05) is 5.92 Å². The van der Waals surface area contributed by atoms with E-state index in [2.05, 4.69) is 12.1 Å². The van der Waals surface area contributed by atoms with Gasteiger partial charge in [-0.3, -0.25) is 0 Å². The molecule has 0 aromatic heterocycles. The van der Waals surface area contributed by atoms with Crippen LogP contribution in [-0.4, -0.2) is 4.99 Å². The summed E-state index contributed by atoms with van der Waals surface area (Å²) in [6.45, 7) is 3.98. The predicted molar refractivity (Wildman–Crippen MR) is 117 cm³/mol. The molecule has 6 heteroatoms. The van der Waals surface area contributed by atoms with Gasteiger partial charge >= 0.3 is 0 Å². The van der Waals surface area contributed by atoms with E-state index in [1.54, 1.807) is 0 Å². The molecule has 1 aliphatic rings. The Balaban J connectivity index is 2.32. The molecule has 3 atom stereocenters. The number of hydrogen-bond acceptors (Lipinski definition) is 5. The lowest BCUT2D eigenvalue weighted by Crippen LogP contribution is -2.47. The third-order valence-corrected chi connectivity index (χ3v) is 6.86. The summed E-state index contributed by atoms with van der Waals surface area (Å²) in [6, 6.07) is 20.2. The van der Waals surface area contributed by atoms with E-state index in [9.17, 15) is 10.5 Å². The molecule has 0 amide bonds. The van der Waals surface area contributed by atoms with Gasteiger partial charge in [-0.1, -0.05) is 83.6 Å². The van der Waals surface area contributed by atoms with E-state index in [0.717, 1.165) is 22.3 Å². The summed E-state index contributed by atoms with van der Waals surface area (Å²) in [7, 11) is 0. The van der Waals surface area contributed by atoms with E-state index < -0.39 is 16.6 Å². The highest BCUT2D eigenvalue weighted by Crippen LogP contribution is 2.60. The maximum atomic E-state index is 10.4. The van der Waals surface area contributed by atoms with Crippen LogP contribution in [0.15, 0.2) is 59.1 Å². The highest BCUT2D eigenvalue weighted by Gasteiger charge is 2.55. The monoisotopic (exact) mass is 404 g/mol. The van der Waals surface area contributed by atoms with Crippen LogP contribution in [0.1, 0.15) is 33.4 Å². The molecule has 4 N–H and O–H groups in total. The van der Waals surface area contributed by atoms with Crippen molar-refractivity contribution in [1.29, 1.82) is 10.5 Å². The topological polar surface area (TPSA) is 99.6 Å². The van der Waals surface area contributed by atoms with Crippen LogP contribution in [0.4, 0.5) is 0 Å². The standard InChI is InChI=1S/C22H20N4S2/c1-13-3-7-15(8-4-13)18-17(11-23)20(25)28-19(22(18,12-24)21(26)27)16-9-5-14(2)6-10-16/h3-10,18-19H,25H2,1-2H3,(H2,26,27)/t18-,19-,22+/m1/s1. The summed E-state index contributed by atoms with van der Waals surface area (Å²) in [4.78, 5) is 0.0684. The van der Waals surface area contributed by atoms with Crippen LogP contribution >= 0.6 is 24.0 Å². The van der Waals surface area contributed by atoms with Crippen LogP contribution < -0.4 is 11.5 Å². The first-order valence-electron chi connectivity index (χ1n) is 8.75. The smallest absolute Gasteiger partial charge is 0.135 e. The maximum Gasteiger partial charge on any atom is 0.135 e. The third-order valence-electron chi connectivity index (χ3n) is 5.17. The average molecular weight is 405 g/mol. The minimum Gasteiger partial charge on any atom is -0.393 e. The summed E-state index contributed by atoms with van der Waals surface area (Å²) in [5.74, 6) is -0.631. The second-order valence-corrected chi connectivity index (χ2v) is 8.57. The fourth-order valence-corrected chi connectivity index (χ4v) is 5.33. The van der Waals surface area contributed by atoms with Crippen molar-refractivity contribution in [3.63, 3.8) is 0 Å². The van der Waals surface area contributed by atoms with E-state index in [1.807, 2.05) is 62.4 Å². The molecular formula is C22H20N4S2. The fourth-order valence-electron chi connectivity index (χ4n) is 3.63. The Kier molecular flexibility index (Phi) is 5.47. The molecule has 0 bridgehead atoms. The minimum absolute atomic E-state index is 0.0684. The SMILES string of the molecule is Cc1ccc([C@H]2SC(N)=C(C#N)[C@@H](c3ccc(C)cc3)[C@]2(C#N)C(N)=S)cc1. The Morgan fingerprint density at radius 3 is 1.93 bits per heavy atom.